The molecule has 1 fully saturated rings. The van der Waals surface area contributed by atoms with Gasteiger partial charge in [-0.2, -0.15) is 0 Å². The second-order valence-corrected chi connectivity index (χ2v) is 5.81. The maximum atomic E-state index is 14.3. The molecular formula is C13H15BrF2N2O. The van der Waals surface area contributed by atoms with Crippen LogP contribution >= 0.6 is 15.9 Å². The quantitative estimate of drug-likeness (QED) is 0.737. The van der Waals surface area contributed by atoms with Gasteiger partial charge < -0.3 is 10.1 Å². The summed E-state index contributed by atoms with van der Waals surface area (Å²) in [6.45, 7) is 4.83. The zero-order valence-electron chi connectivity index (χ0n) is 10.6. The van der Waals surface area contributed by atoms with Crippen LogP contribution in [0.15, 0.2) is 4.47 Å². The Bertz CT molecular complexity index is 524. The highest BCUT2D eigenvalue weighted by Crippen LogP contribution is 2.37. The summed E-state index contributed by atoms with van der Waals surface area (Å²) in [5.74, 6) is -0.812. The molecule has 0 amide bonds. The molecule has 1 atom stereocenters. The van der Waals surface area contributed by atoms with Crippen LogP contribution in [0.2, 0.25) is 0 Å². The Kier molecular flexibility index (Phi) is 3.49. The molecule has 1 N–H and O–H groups in total. The Labute approximate surface area is 119 Å². The average molecular weight is 333 g/mol. The molecule has 0 saturated carbocycles. The van der Waals surface area contributed by atoms with Crippen LogP contribution in [-0.4, -0.2) is 37.2 Å². The zero-order chi connectivity index (χ0) is 13.6. The lowest BCUT2D eigenvalue weighted by Gasteiger charge is -2.33. The van der Waals surface area contributed by atoms with E-state index in [-0.39, 0.29) is 22.1 Å². The number of rotatable bonds is 0. The smallest absolute Gasteiger partial charge is 0.180 e. The van der Waals surface area contributed by atoms with Crippen molar-refractivity contribution in [3.8, 4) is 5.75 Å². The Hall–Kier alpha value is -0.720. The van der Waals surface area contributed by atoms with Crippen molar-refractivity contribution in [2.45, 2.75) is 19.5 Å². The predicted octanol–water partition coefficient (Wildman–Crippen LogP) is 2.20. The third-order valence-corrected chi connectivity index (χ3v) is 4.79. The minimum Gasteiger partial charge on any atom is -0.488 e. The van der Waals surface area contributed by atoms with Gasteiger partial charge in [-0.15, -0.1) is 0 Å². The second kappa shape index (κ2) is 5.00. The van der Waals surface area contributed by atoms with E-state index in [1.54, 1.807) is 6.92 Å². The molecule has 0 spiro atoms. The first kappa shape index (κ1) is 13.3. The van der Waals surface area contributed by atoms with Gasteiger partial charge >= 0.3 is 0 Å². The minimum atomic E-state index is -0.498. The van der Waals surface area contributed by atoms with E-state index in [4.69, 9.17) is 4.74 Å². The number of nitrogens with zero attached hydrogens (tertiary/aromatic N) is 1. The van der Waals surface area contributed by atoms with Crippen LogP contribution in [0, 0.1) is 18.6 Å². The molecule has 2 aliphatic heterocycles. The SMILES string of the molecule is Cc1c(F)c2c(c(F)c1Br)OCC1CNCCN1C2. The normalized spacial score (nSPS) is 23.3. The lowest BCUT2D eigenvalue weighted by molar-refractivity contribution is 0.118. The van der Waals surface area contributed by atoms with Crippen LogP contribution in [0.5, 0.6) is 5.75 Å². The fourth-order valence-electron chi connectivity index (χ4n) is 2.67. The summed E-state index contributed by atoms with van der Waals surface area (Å²) in [6, 6.07) is 0.166. The first-order valence-electron chi connectivity index (χ1n) is 6.33. The number of halogens is 3. The highest BCUT2D eigenvalue weighted by atomic mass is 79.9. The largest absolute Gasteiger partial charge is 0.488 e. The highest BCUT2D eigenvalue weighted by Gasteiger charge is 2.32. The van der Waals surface area contributed by atoms with Crippen LogP contribution in [-0.2, 0) is 6.54 Å². The molecule has 0 aliphatic carbocycles. The first-order valence-corrected chi connectivity index (χ1v) is 7.12. The van der Waals surface area contributed by atoms with E-state index < -0.39 is 5.82 Å². The van der Waals surface area contributed by atoms with E-state index in [9.17, 15) is 8.78 Å². The van der Waals surface area contributed by atoms with Gasteiger partial charge in [-0.1, -0.05) is 0 Å². The van der Waals surface area contributed by atoms with E-state index in [0.717, 1.165) is 19.6 Å². The van der Waals surface area contributed by atoms with Crippen LogP contribution in [0.25, 0.3) is 0 Å². The van der Waals surface area contributed by atoms with E-state index in [1.165, 1.54) is 0 Å². The Morgan fingerprint density at radius 1 is 1.37 bits per heavy atom. The van der Waals surface area contributed by atoms with Crippen LogP contribution in [0.4, 0.5) is 8.78 Å². The standard InChI is InChI=1S/C13H15BrF2N2O/c1-7-10(14)12(16)13-9(11(7)15)5-18-3-2-17-4-8(18)6-19-13/h8,17H,2-6H2,1H3. The van der Waals surface area contributed by atoms with Gasteiger partial charge in [-0.25, -0.2) is 8.78 Å². The van der Waals surface area contributed by atoms with Crippen LogP contribution < -0.4 is 10.1 Å². The molecule has 1 unspecified atom stereocenters. The molecule has 3 rings (SSSR count). The van der Waals surface area contributed by atoms with Crippen LogP contribution in [0.1, 0.15) is 11.1 Å². The number of hydrogen-bond donors (Lipinski definition) is 1. The molecular weight excluding hydrogens is 318 g/mol. The topological polar surface area (TPSA) is 24.5 Å². The zero-order valence-corrected chi connectivity index (χ0v) is 12.2. The van der Waals surface area contributed by atoms with Crippen LogP contribution in [0.3, 0.4) is 0 Å². The second-order valence-electron chi connectivity index (χ2n) is 5.01. The molecule has 1 saturated heterocycles. The minimum absolute atomic E-state index is 0.0596. The van der Waals surface area contributed by atoms with Gasteiger partial charge in [0.2, 0.25) is 0 Å². The van der Waals surface area contributed by atoms with Crippen molar-refractivity contribution in [1.82, 2.24) is 10.2 Å². The molecule has 6 heteroatoms. The molecule has 0 bridgehead atoms. The van der Waals surface area contributed by atoms with E-state index in [0.29, 0.717) is 24.3 Å². The Balaban J connectivity index is 2.07. The average Bonchev–Trinajstić information content (AvgIpc) is 2.62. The summed E-state index contributed by atoms with van der Waals surface area (Å²) in [7, 11) is 0. The van der Waals surface area contributed by atoms with E-state index >= 15 is 0 Å². The predicted molar refractivity (Wildman–Crippen MR) is 71.4 cm³/mol. The molecule has 1 aromatic rings. The summed E-state index contributed by atoms with van der Waals surface area (Å²) in [5, 5.41) is 3.27. The molecule has 3 nitrogen and oxygen atoms in total. The third kappa shape index (κ3) is 2.15. The summed E-state index contributed by atoms with van der Waals surface area (Å²) in [4.78, 5) is 2.15. The first-order chi connectivity index (χ1) is 9.09. The number of fused-ring (bicyclic) bond motifs is 2. The van der Waals surface area contributed by atoms with Crippen molar-refractivity contribution in [2.24, 2.45) is 0 Å². The Morgan fingerprint density at radius 2 is 2.16 bits per heavy atom. The molecule has 19 heavy (non-hydrogen) atoms. The lowest BCUT2D eigenvalue weighted by Crippen LogP contribution is -2.52. The molecule has 2 aliphatic rings. The number of nitrogens with one attached hydrogen (secondary N) is 1. The summed E-state index contributed by atoms with van der Waals surface area (Å²) >= 11 is 3.09. The number of hydrogen-bond acceptors (Lipinski definition) is 3. The van der Waals surface area contributed by atoms with E-state index in [1.807, 2.05) is 0 Å². The lowest BCUT2D eigenvalue weighted by atomic mass is 10.1. The fourth-order valence-corrected chi connectivity index (χ4v) is 3.02. The van der Waals surface area contributed by atoms with Gasteiger partial charge in [0.05, 0.1) is 10.5 Å². The van der Waals surface area contributed by atoms with Crippen molar-refractivity contribution < 1.29 is 13.5 Å². The molecule has 104 valence electrons. The molecule has 2 heterocycles. The van der Waals surface area contributed by atoms with Gasteiger partial charge in [0, 0.05) is 37.3 Å². The van der Waals surface area contributed by atoms with Crippen molar-refractivity contribution >= 4 is 15.9 Å². The van der Waals surface area contributed by atoms with Gasteiger partial charge in [0.15, 0.2) is 11.6 Å². The molecule has 0 radical (unpaired) electrons. The maximum absolute atomic E-state index is 14.3. The van der Waals surface area contributed by atoms with Crippen molar-refractivity contribution in [1.29, 1.82) is 0 Å². The number of piperazine rings is 1. The molecule has 0 aromatic heterocycles. The number of benzene rings is 1. The van der Waals surface area contributed by atoms with E-state index in [2.05, 4.69) is 26.1 Å². The Morgan fingerprint density at radius 3 is 2.95 bits per heavy atom. The van der Waals surface area contributed by atoms with Crippen molar-refractivity contribution in [3.05, 3.63) is 27.2 Å². The van der Waals surface area contributed by atoms with Gasteiger partial charge in [0.25, 0.3) is 0 Å². The summed E-state index contributed by atoms with van der Waals surface area (Å²) in [5.41, 5.74) is 0.635. The summed E-state index contributed by atoms with van der Waals surface area (Å²) < 4.78 is 34.2. The van der Waals surface area contributed by atoms with Gasteiger partial charge in [0.1, 0.15) is 12.4 Å². The van der Waals surface area contributed by atoms with Crippen molar-refractivity contribution in [3.63, 3.8) is 0 Å². The fraction of sp³-hybridized carbons (Fsp3) is 0.538. The monoisotopic (exact) mass is 332 g/mol. The maximum Gasteiger partial charge on any atom is 0.180 e. The number of ether oxygens (including phenoxy) is 1. The highest BCUT2D eigenvalue weighted by molar-refractivity contribution is 9.10. The third-order valence-electron chi connectivity index (χ3n) is 3.84. The van der Waals surface area contributed by atoms with Gasteiger partial charge in [-0.3, -0.25) is 4.90 Å². The summed E-state index contributed by atoms with van der Waals surface area (Å²) in [6.07, 6.45) is 0. The van der Waals surface area contributed by atoms with Crippen molar-refractivity contribution in [2.75, 3.05) is 26.2 Å². The van der Waals surface area contributed by atoms with Gasteiger partial charge in [-0.05, 0) is 22.9 Å². The molecule has 1 aromatic carbocycles.